The first-order chi connectivity index (χ1) is 11.5. The van der Waals surface area contributed by atoms with Gasteiger partial charge < -0.3 is 21.5 Å². The first kappa shape index (κ1) is 18.1. The van der Waals surface area contributed by atoms with Gasteiger partial charge in [-0.25, -0.2) is 0 Å². The van der Waals surface area contributed by atoms with Gasteiger partial charge in [0, 0.05) is 43.1 Å². The molecule has 0 fully saturated rings. The van der Waals surface area contributed by atoms with Crippen LogP contribution in [0.15, 0.2) is 42.5 Å². The molecule has 0 aliphatic rings. The van der Waals surface area contributed by atoms with Crippen molar-refractivity contribution in [2.75, 3.05) is 38.1 Å². The van der Waals surface area contributed by atoms with E-state index in [-0.39, 0.29) is 0 Å². The second-order valence-electron chi connectivity index (χ2n) is 6.24. The second kappa shape index (κ2) is 8.57. The number of likely N-dealkylation sites (N-methyl/N-ethyl adjacent to an activating group) is 2. The summed E-state index contributed by atoms with van der Waals surface area (Å²) in [5, 5.41) is 9.97. The molecule has 5 heteroatoms. The van der Waals surface area contributed by atoms with Crippen LogP contribution in [0.25, 0.3) is 0 Å². The van der Waals surface area contributed by atoms with E-state index >= 15 is 0 Å². The van der Waals surface area contributed by atoms with E-state index in [1.54, 1.807) is 12.1 Å². The molecular weight excluding hydrogens is 300 g/mol. The van der Waals surface area contributed by atoms with E-state index in [0.717, 1.165) is 37.4 Å². The Kier molecular flexibility index (Phi) is 6.46. The van der Waals surface area contributed by atoms with Gasteiger partial charge >= 0.3 is 0 Å². The third kappa shape index (κ3) is 5.44. The van der Waals surface area contributed by atoms with Gasteiger partial charge in [0.25, 0.3) is 0 Å². The van der Waals surface area contributed by atoms with Crippen LogP contribution in [-0.2, 0) is 13.1 Å². The second-order valence-corrected chi connectivity index (χ2v) is 6.24. The quantitative estimate of drug-likeness (QED) is 0.512. The summed E-state index contributed by atoms with van der Waals surface area (Å²) in [5.41, 5.74) is 15.2. The molecule has 0 heterocycles. The molecule has 0 radical (unpaired) electrons. The van der Waals surface area contributed by atoms with Gasteiger partial charge in [0.15, 0.2) is 0 Å². The van der Waals surface area contributed by atoms with Crippen molar-refractivity contribution in [1.29, 1.82) is 0 Å². The molecule has 0 aliphatic heterocycles. The predicted octanol–water partition coefficient (Wildman–Crippen LogP) is 2.51. The molecule has 130 valence electrons. The number of anilines is 2. The van der Waals surface area contributed by atoms with Crippen LogP contribution in [-0.4, -0.2) is 41.6 Å². The maximum Gasteiger partial charge on any atom is 0.120 e. The van der Waals surface area contributed by atoms with Crippen molar-refractivity contribution in [2.24, 2.45) is 0 Å². The summed E-state index contributed by atoms with van der Waals surface area (Å²) < 4.78 is 0. The molecule has 0 bridgehead atoms. The number of nitrogen functional groups attached to an aromatic ring is 2. The zero-order valence-corrected chi connectivity index (χ0v) is 14.6. The van der Waals surface area contributed by atoms with Crippen LogP contribution in [0.3, 0.4) is 0 Å². The third-order valence-corrected chi connectivity index (χ3v) is 4.15. The molecule has 0 aromatic heterocycles. The molecule has 0 atom stereocenters. The number of rotatable bonds is 8. The minimum absolute atomic E-state index is 0.302. The molecule has 2 aromatic rings. The van der Waals surface area contributed by atoms with Crippen LogP contribution < -0.4 is 11.5 Å². The highest BCUT2D eigenvalue weighted by Crippen LogP contribution is 2.21. The first-order valence-corrected chi connectivity index (χ1v) is 8.30. The maximum atomic E-state index is 9.97. The number of phenols is 1. The Labute approximate surface area is 144 Å². The summed E-state index contributed by atoms with van der Waals surface area (Å²) >= 11 is 0. The fraction of sp³-hybridized carbons (Fsp3) is 0.368. The fourth-order valence-electron chi connectivity index (χ4n) is 2.72. The summed E-state index contributed by atoms with van der Waals surface area (Å²) in [6.07, 6.45) is 0. The molecule has 0 aliphatic carbocycles. The Bertz CT molecular complexity index is 660. The number of hydrogen-bond donors (Lipinski definition) is 3. The molecule has 0 spiro atoms. The lowest BCUT2D eigenvalue weighted by molar-refractivity contribution is 0.221. The van der Waals surface area contributed by atoms with E-state index in [0.29, 0.717) is 18.0 Å². The Morgan fingerprint density at radius 1 is 0.958 bits per heavy atom. The lowest BCUT2D eigenvalue weighted by Gasteiger charge is -2.25. The van der Waals surface area contributed by atoms with E-state index in [4.69, 9.17) is 11.5 Å². The van der Waals surface area contributed by atoms with Crippen molar-refractivity contribution in [3.8, 4) is 5.75 Å². The number of benzene rings is 2. The lowest BCUT2D eigenvalue weighted by atomic mass is 10.1. The Morgan fingerprint density at radius 2 is 1.71 bits per heavy atom. The molecule has 24 heavy (non-hydrogen) atoms. The van der Waals surface area contributed by atoms with E-state index in [9.17, 15) is 5.11 Å². The number of nitrogens with zero attached hydrogens (tertiary/aromatic N) is 2. The number of phenolic OH excluding ortho intramolecular Hbond substituents is 1. The summed E-state index contributed by atoms with van der Waals surface area (Å²) in [5.74, 6) is 0.302. The monoisotopic (exact) mass is 328 g/mol. The van der Waals surface area contributed by atoms with E-state index in [1.165, 1.54) is 5.56 Å². The van der Waals surface area contributed by atoms with Crippen LogP contribution in [0.1, 0.15) is 18.1 Å². The average Bonchev–Trinajstić information content (AvgIpc) is 2.54. The Hall–Kier alpha value is -2.24. The molecule has 5 nitrogen and oxygen atoms in total. The van der Waals surface area contributed by atoms with Crippen molar-refractivity contribution < 1.29 is 5.11 Å². The lowest BCUT2D eigenvalue weighted by Crippen LogP contribution is -2.32. The third-order valence-electron chi connectivity index (χ3n) is 4.15. The molecule has 0 saturated carbocycles. The Morgan fingerprint density at radius 3 is 2.42 bits per heavy atom. The van der Waals surface area contributed by atoms with Gasteiger partial charge in [-0.2, -0.15) is 0 Å². The van der Waals surface area contributed by atoms with E-state index < -0.39 is 0 Å². The minimum Gasteiger partial charge on any atom is -0.508 e. The zero-order chi connectivity index (χ0) is 17.5. The van der Waals surface area contributed by atoms with E-state index in [1.807, 2.05) is 24.3 Å². The first-order valence-electron chi connectivity index (χ1n) is 8.30. The van der Waals surface area contributed by atoms with Gasteiger partial charge in [-0.3, -0.25) is 4.90 Å². The van der Waals surface area contributed by atoms with Crippen molar-refractivity contribution in [2.45, 2.75) is 20.0 Å². The molecule has 0 saturated heterocycles. The van der Waals surface area contributed by atoms with Crippen molar-refractivity contribution in [3.05, 3.63) is 53.6 Å². The number of hydrogen-bond acceptors (Lipinski definition) is 5. The van der Waals surface area contributed by atoms with Crippen LogP contribution in [0.4, 0.5) is 11.4 Å². The van der Waals surface area contributed by atoms with Gasteiger partial charge in [-0.15, -0.1) is 0 Å². The van der Waals surface area contributed by atoms with Gasteiger partial charge in [-0.05, 0) is 49.5 Å². The molecule has 0 unspecified atom stereocenters. The maximum absolute atomic E-state index is 9.97. The van der Waals surface area contributed by atoms with Crippen LogP contribution >= 0.6 is 0 Å². The molecule has 2 aromatic carbocycles. The largest absolute Gasteiger partial charge is 0.508 e. The highest BCUT2D eigenvalue weighted by atomic mass is 16.3. The Balaban J connectivity index is 1.87. The fourth-order valence-corrected chi connectivity index (χ4v) is 2.72. The van der Waals surface area contributed by atoms with Crippen LogP contribution in [0.2, 0.25) is 0 Å². The highest BCUT2D eigenvalue weighted by Gasteiger charge is 2.09. The molecule has 5 N–H and O–H groups in total. The van der Waals surface area contributed by atoms with Crippen LogP contribution in [0.5, 0.6) is 5.75 Å². The van der Waals surface area contributed by atoms with Crippen molar-refractivity contribution in [3.63, 3.8) is 0 Å². The molecular formula is C19H28N4O. The summed E-state index contributed by atoms with van der Waals surface area (Å²) in [7, 11) is 2.11. The van der Waals surface area contributed by atoms with Crippen molar-refractivity contribution >= 4 is 11.4 Å². The molecule has 0 amide bonds. The summed E-state index contributed by atoms with van der Waals surface area (Å²) in [4.78, 5) is 4.57. The standard InChI is InChI=1S/C19H28N4O/c1-3-23(14-16-12-18(21)7-8-19(16)24)10-9-22(2)13-15-5-4-6-17(20)11-15/h4-8,11-12,24H,3,9-10,13-14,20-21H2,1-2H3. The average molecular weight is 328 g/mol. The van der Waals surface area contributed by atoms with Gasteiger partial charge in [0.2, 0.25) is 0 Å². The normalized spacial score (nSPS) is 11.3. The summed E-state index contributed by atoms with van der Waals surface area (Å²) in [6, 6.07) is 13.2. The zero-order valence-electron chi connectivity index (χ0n) is 14.6. The highest BCUT2D eigenvalue weighted by molar-refractivity contribution is 5.47. The van der Waals surface area contributed by atoms with E-state index in [2.05, 4.69) is 29.8 Å². The topological polar surface area (TPSA) is 78.8 Å². The van der Waals surface area contributed by atoms with Gasteiger partial charge in [-0.1, -0.05) is 19.1 Å². The smallest absolute Gasteiger partial charge is 0.120 e. The predicted molar refractivity (Wildman–Crippen MR) is 101 cm³/mol. The van der Waals surface area contributed by atoms with Gasteiger partial charge in [0.1, 0.15) is 5.75 Å². The minimum atomic E-state index is 0.302. The summed E-state index contributed by atoms with van der Waals surface area (Å²) in [6.45, 7) is 6.46. The number of aromatic hydroxyl groups is 1. The SMILES string of the molecule is CCN(CCN(C)Cc1cccc(N)c1)Cc1cc(N)ccc1O. The number of nitrogens with two attached hydrogens (primary N) is 2. The molecule has 2 rings (SSSR count). The van der Waals surface area contributed by atoms with Crippen molar-refractivity contribution in [1.82, 2.24) is 9.80 Å². The van der Waals surface area contributed by atoms with Crippen LogP contribution in [0, 0.1) is 0 Å². The van der Waals surface area contributed by atoms with Gasteiger partial charge in [0.05, 0.1) is 0 Å².